The minimum Gasteiger partial charge on any atom is -0.345 e. The van der Waals surface area contributed by atoms with Crippen LogP contribution in [-0.4, -0.2) is 29.0 Å². The van der Waals surface area contributed by atoms with Gasteiger partial charge in [0, 0.05) is 35.8 Å². The molecular weight excluding hydrogens is 306 g/mol. The van der Waals surface area contributed by atoms with Crippen molar-refractivity contribution in [3.05, 3.63) is 34.5 Å². The third-order valence-corrected chi connectivity index (χ3v) is 5.95. The molecule has 2 heterocycles. The maximum Gasteiger partial charge on any atom is 0.110 e. The number of likely N-dealkylation sites (tertiary alicyclic amines) is 1. The summed E-state index contributed by atoms with van der Waals surface area (Å²) >= 11 is 6.49. The normalized spacial score (nSPS) is 26.9. The van der Waals surface area contributed by atoms with E-state index in [4.69, 9.17) is 16.9 Å². The number of halogens is 1. The lowest BCUT2D eigenvalue weighted by molar-refractivity contribution is 0.0861. The topological polar surface area (TPSA) is 42.8 Å². The van der Waals surface area contributed by atoms with Gasteiger partial charge in [-0.2, -0.15) is 5.26 Å². The van der Waals surface area contributed by atoms with Gasteiger partial charge in [0.2, 0.25) is 0 Å². The predicted octanol–water partition coefficient (Wildman–Crippen LogP) is 4.48. The molecule has 4 heteroatoms. The SMILES string of the molecule is CCCN1CC(CC#N)CC2c3cccc4[nH]c(Cl)c(c34)C[C@H]21. The second-order valence-corrected chi connectivity index (χ2v) is 7.40. The summed E-state index contributed by atoms with van der Waals surface area (Å²) in [5.41, 5.74) is 3.88. The lowest BCUT2D eigenvalue weighted by Crippen LogP contribution is -2.50. The molecule has 0 amide bonds. The van der Waals surface area contributed by atoms with E-state index in [2.05, 4.69) is 41.1 Å². The summed E-state index contributed by atoms with van der Waals surface area (Å²) in [5, 5.41) is 11.3. The van der Waals surface area contributed by atoms with Gasteiger partial charge in [0.1, 0.15) is 5.15 Å². The maximum absolute atomic E-state index is 9.15. The molecule has 0 saturated carbocycles. The molecule has 1 aliphatic heterocycles. The Balaban J connectivity index is 1.81. The number of piperidine rings is 1. The number of rotatable bonds is 3. The summed E-state index contributed by atoms with van der Waals surface area (Å²) in [7, 11) is 0. The molecule has 2 aliphatic rings. The fourth-order valence-electron chi connectivity index (χ4n) is 4.76. The van der Waals surface area contributed by atoms with E-state index in [1.807, 2.05) is 0 Å². The summed E-state index contributed by atoms with van der Waals surface area (Å²) in [4.78, 5) is 5.96. The number of aromatic amines is 1. The molecule has 1 fully saturated rings. The standard InChI is InChI=1S/C19H22ClN3/c1-2-8-23-11-12(6-7-21)9-14-13-4-3-5-16-18(13)15(10-17(14)23)19(20)22-16/h3-5,12,14,17,22H,2,6,8-11H2,1H3/t12?,14?,17-/m1/s1. The monoisotopic (exact) mass is 327 g/mol. The number of fused-ring (bicyclic) bond motifs is 2. The van der Waals surface area contributed by atoms with Gasteiger partial charge in [-0.05, 0) is 48.9 Å². The number of aromatic nitrogens is 1. The van der Waals surface area contributed by atoms with E-state index < -0.39 is 0 Å². The van der Waals surface area contributed by atoms with Crippen molar-refractivity contribution in [2.24, 2.45) is 5.92 Å². The molecule has 3 atom stereocenters. The Labute approximate surface area is 142 Å². The van der Waals surface area contributed by atoms with Crippen molar-refractivity contribution in [3.8, 4) is 6.07 Å². The van der Waals surface area contributed by atoms with Crippen LogP contribution >= 0.6 is 11.6 Å². The zero-order valence-electron chi connectivity index (χ0n) is 13.5. The van der Waals surface area contributed by atoms with Crippen molar-refractivity contribution >= 4 is 22.5 Å². The molecular formula is C19H22ClN3. The van der Waals surface area contributed by atoms with Gasteiger partial charge < -0.3 is 4.98 Å². The van der Waals surface area contributed by atoms with E-state index in [0.717, 1.165) is 43.0 Å². The fourth-order valence-corrected chi connectivity index (χ4v) is 5.04. The quantitative estimate of drug-likeness (QED) is 0.903. The first kappa shape index (κ1) is 15.1. The Morgan fingerprint density at radius 3 is 3.09 bits per heavy atom. The van der Waals surface area contributed by atoms with Crippen molar-refractivity contribution in [2.45, 2.75) is 44.6 Å². The summed E-state index contributed by atoms with van der Waals surface area (Å²) in [5.74, 6) is 1.01. The lowest BCUT2D eigenvalue weighted by atomic mass is 9.71. The molecule has 3 nitrogen and oxygen atoms in total. The second kappa shape index (κ2) is 5.85. The largest absolute Gasteiger partial charge is 0.345 e. The minimum absolute atomic E-state index is 0.485. The first-order valence-electron chi connectivity index (χ1n) is 8.62. The molecule has 1 saturated heterocycles. The average Bonchev–Trinajstić information content (AvgIpc) is 2.86. The summed E-state index contributed by atoms with van der Waals surface area (Å²) in [6.45, 7) is 4.40. The summed E-state index contributed by atoms with van der Waals surface area (Å²) in [6.07, 6.45) is 3.97. The molecule has 1 aromatic heterocycles. The van der Waals surface area contributed by atoms with Crippen LogP contribution in [0.25, 0.3) is 10.9 Å². The summed E-state index contributed by atoms with van der Waals surface area (Å²) in [6, 6.07) is 9.44. The zero-order chi connectivity index (χ0) is 16.0. The highest BCUT2D eigenvalue weighted by molar-refractivity contribution is 6.32. The van der Waals surface area contributed by atoms with Gasteiger partial charge in [0.15, 0.2) is 0 Å². The van der Waals surface area contributed by atoms with Crippen molar-refractivity contribution < 1.29 is 0 Å². The summed E-state index contributed by atoms with van der Waals surface area (Å²) < 4.78 is 0. The predicted molar refractivity (Wildman–Crippen MR) is 93.7 cm³/mol. The van der Waals surface area contributed by atoms with Gasteiger partial charge in [-0.15, -0.1) is 0 Å². The zero-order valence-corrected chi connectivity index (χ0v) is 14.2. The van der Waals surface area contributed by atoms with E-state index in [9.17, 15) is 0 Å². The Bertz CT molecular complexity index is 773. The van der Waals surface area contributed by atoms with E-state index in [1.54, 1.807) is 0 Å². The molecule has 23 heavy (non-hydrogen) atoms. The Morgan fingerprint density at radius 2 is 2.30 bits per heavy atom. The second-order valence-electron chi connectivity index (χ2n) is 7.02. The molecule has 1 aromatic carbocycles. The molecule has 2 unspecified atom stereocenters. The van der Waals surface area contributed by atoms with Crippen molar-refractivity contribution in [1.82, 2.24) is 9.88 Å². The van der Waals surface area contributed by atoms with Crippen molar-refractivity contribution in [1.29, 1.82) is 5.26 Å². The van der Waals surface area contributed by atoms with Crippen LogP contribution in [0.4, 0.5) is 0 Å². The van der Waals surface area contributed by atoms with Gasteiger partial charge >= 0.3 is 0 Å². The van der Waals surface area contributed by atoms with E-state index in [-0.39, 0.29) is 0 Å². The Morgan fingerprint density at radius 1 is 1.43 bits per heavy atom. The van der Waals surface area contributed by atoms with Crippen LogP contribution in [0.5, 0.6) is 0 Å². The first-order chi connectivity index (χ1) is 11.2. The Kier molecular flexibility index (Phi) is 3.83. The van der Waals surface area contributed by atoms with Crippen LogP contribution in [0.1, 0.15) is 43.2 Å². The van der Waals surface area contributed by atoms with Crippen LogP contribution < -0.4 is 0 Å². The number of benzene rings is 1. The lowest BCUT2D eigenvalue weighted by Gasteiger charge is -2.47. The van der Waals surface area contributed by atoms with Crippen LogP contribution in [0.2, 0.25) is 5.15 Å². The molecule has 2 aromatic rings. The first-order valence-corrected chi connectivity index (χ1v) is 9.00. The number of nitrogens with zero attached hydrogens (tertiary/aromatic N) is 2. The molecule has 1 N–H and O–H groups in total. The third kappa shape index (κ3) is 2.36. The third-order valence-electron chi connectivity index (χ3n) is 5.62. The highest BCUT2D eigenvalue weighted by atomic mass is 35.5. The van der Waals surface area contributed by atoms with E-state index in [1.165, 1.54) is 16.5 Å². The highest BCUT2D eigenvalue weighted by Gasteiger charge is 2.41. The van der Waals surface area contributed by atoms with Crippen LogP contribution in [-0.2, 0) is 6.42 Å². The smallest absolute Gasteiger partial charge is 0.110 e. The number of hydrogen-bond donors (Lipinski definition) is 1. The number of hydrogen-bond acceptors (Lipinski definition) is 2. The van der Waals surface area contributed by atoms with Crippen molar-refractivity contribution in [2.75, 3.05) is 13.1 Å². The Hall–Kier alpha value is -1.50. The van der Waals surface area contributed by atoms with Gasteiger partial charge in [-0.1, -0.05) is 30.7 Å². The molecule has 1 aliphatic carbocycles. The van der Waals surface area contributed by atoms with Crippen molar-refractivity contribution in [3.63, 3.8) is 0 Å². The van der Waals surface area contributed by atoms with Crippen LogP contribution in [0.3, 0.4) is 0 Å². The van der Waals surface area contributed by atoms with Gasteiger partial charge in [-0.3, -0.25) is 4.90 Å². The molecule has 0 spiro atoms. The number of nitriles is 1. The number of H-pyrrole nitrogens is 1. The maximum atomic E-state index is 9.15. The van der Waals surface area contributed by atoms with Crippen LogP contribution in [0.15, 0.2) is 18.2 Å². The minimum atomic E-state index is 0.485. The van der Waals surface area contributed by atoms with E-state index >= 15 is 0 Å². The fraction of sp³-hybridized carbons (Fsp3) is 0.526. The highest BCUT2D eigenvalue weighted by Crippen LogP contribution is 2.46. The van der Waals surface area contributed by atoms with E-state index in [0.29, 0.717) is 24.3 Å². The molecule has 0 radical (unpaired) electrons. The molecule has 120 valence electrons. The average molecular weight is 328 g/mol. The van der Waals surface area contributed by atoms with Gasteiger partial charge in [0.05, 0.1) is 6.07 Å². The van der Waals surface area contributed by atoms with Gasteiger partial charge in [-0.25, -0.2) is 0 Å². The van der Waals surface area contributed by atoms with Crippen LogP contribution in [0, 0.1) is 17.2 Å². The molecule has 4 rings (SSSR count). The van der Waals surface area contributed by atoms with Gasteiger partial charge in [0.25, 0.3) is 0 Å². The number of nitrogens with one attached hydrogen (secondary N) is 1. The molecule has 0 bridgehead atoms.